The molecule has 0 saturated carbocycles. The van der Waals surface area contributed by atoms with Crippen LogP contribution in [0.25, 0.3) is 0 Å². The molecule has 0 saturated heterocycles. The maximum atomic E-state index is 13.5. The highest BCUT2D eigenvalue weighted by molar-refractivity contribution is 7.12. The number of hydrogen-bond acceptors (Lipinski definition) is 9. The third-order valence-electron chi connectivity index (χ3n) is 5.52. The fourth-order valence-electron chi connectivity index (χ4n) is 3.96. The number of ether oxygens (including phenoxy) is 2. The van der Waals surface area contributed by atoms with Crippen LogP contribution in [0.4, 0.5) is 11.4 Å². The first kappa shape index (κ1) is 22.9. The van der Waals surface area contributed by atoms with E-state index in [1.54, 1.807) is 38.3 Å². The SMILES string of the molecule is CCOC(=O)[C@]1(C#N)[C@@H](c2ccc(OC)cc2)C(c2cccs2)=NN1c1ccc([N+](=O)[O-])cc1. The highest BCUT2D eigenvalue weighted by Crippen LogP contribution is 2.46. The number of nitriles is 1. The first-order valence-corrected chi connectivity index (χ1v) is 11.2. The number of thiophene rings is 1. The number of nitro benzene ring substituents is 1. The molecule has 0 radical (unpaired) electrons. The first-order valence-electron chi connectivity index (χ1n) is 10.4. The molecule has 2 aromatic carbocycles. The fraction of sp³-hybridized carbons (Fsp3) is 0.208. The van der Waals surface area contributed by atoms with Gasteiger partial charge in [-0.15, -0.1) is 11.3 Å². The molecule has 0 aliphatic carbocycles. The molecule has 172 valence electrons. The molecule has 2 heterocycles. The van der Waals surface area contributed by atoms with E-state index in [1.165, 1.54) is 40.6 Å². The molecule has 0 amide bonds. The van der Waals surface area contributed by atoms with E-state index in [1.807, 2.05) is 17.5 Å². The zero-order valence-corrected chi connectivity index (χ0v) is 19.2. The van der Waals surface area contributed by atoms with E-state index in [2.05, 4.69) is 6.07 Å². The standard InChI is InChI=1S/C24H20N4O5S/c1-3-33-23(29)24(15-25)21(16-6-12-19(32-2)13-7-16)22(20-5-4-14-34-20)26-27(24)17-8-10-18(11-9-17)28(30)31/h4-14,21H,3H2,1-2H3/t21-,24-/m0/s1. The van der Waals surface area contributed by atoms with Gasteiger partial charge in [0.2, 0.25) is 0 Å². The van der Waals surface area contributed by atoms with E-state index in [4.69, 9.17) is 14.6 Å². The summed E-state index contributed by atoms with van der Waals surface area (Å²) in [5.41, 5.74) is -0.443. The van der Waals surface area contributed by atoms with E-state index in [-0.39, 0.29) is 12.3 Å². The summed E-state index contributed by atoms with van der Waals surface area (Å²) < 4.78 is 10.7. The van der Waals surface area contributed by atoms with Crippen molar-refractivity contribution in [3.8, 4) is 11.8 Å². The zero-order valence-electron chi connectivity index (χ0n) is 18.4. The van der Waals surface area contributed by atoms with Gasteiger partial charge in [0.1, 0.15) is 11.8 Å². The van der Waals surface area contributed by atoms with E-state index in [9.17, 15) is 20.2 Å². The van der Waals surface area contributed by atoms with Crippen molar-refractivity contribution in [1.29, 1.82) is 5.26 Å². The molecular formula is C24H20N4O5S. The van der Waals surface area contributed by atoms with Gasteiger partial charge in [-0.1, -0.05) is 18.2 Å². The van der Waals surface area contributed by atoms with Crippen molar-refractivity contribution in [3.63, 3.8) is 0 Å². The van der Waals surface area contributed by atoms with Crippen LogP contribution in [0, 0.1) is 21.4 Å². The van der Waals surface area contributed by atoms with Crippen molar-refractivity contribution in [2.45, 2.75) is 18.4 Å². The predicted molar refractivity (Wildman–Crippen MR) is 127 cm³/mol. The Kier molecular flexibility index (Phi) is 6.30. The molecule has 0 spiro atoms. The second-order valence-corrected chi connectivity index (χ2v) is 8.30. The summed E-state index contributed by atoms with van der Waals surface area (Å²) in [5.74, 6) is -0.925. The van der Waals surface area contributed by atoms with Crippen molar-refractivity contribution >= 4 is 34.4 Å². The topological polar surface area (TPSA) is 118 Å². The molecule has 0 bridgehead atoms. The molecule has 4 rings (SSSR count). The van der Waals surface area contributed by atoms with E-state index < -0.39 is 22.3 Å². The first-order chi connectivity index (χ1) is 16.5. The van der Waals surface area contributed by atoms with Gasteiger partial charge in [0.25, 0.3) is 11.2 Å². The Labute approximate surface area is 199 Å². The number of methoxy groups -OCH3 is 1. The summed E-state index contributed by atoms with van der Waals surface area (Å²) in [6.45, 7) is 1.73. The number of anilines is 1. The Balaban J connectivity index is 1.95. The number of benzene rings is 2. The summed E-state index contributed by atoms with van der Waals surface area (Å²) in [6.07, 6.45) is 0. The Morgan fingerprint density at radius 3 is 2.47 bits per heavy atom. The lowest BCUT2D eigenvalue weighted by atomic mass is 9.77. The minimum atomic E-state index is -1.87. The lowest BCUT2D eigenvalue weighted by molar-refractivity contribution is -0.384. The Morgan fingerprint density at radius 2 is 1.94 bits per heavy atom. The van der Waals surface area contributed by atoms with Crippen LogP contribution in [0.2, 0.25) is 0 Å². The van der Waals surface area contributed by atoms with Gasteiger partial charge in [0.05, 0.1) is 40.8 Å². The van der Waals surface area contributed by atoms with E-state index >= 15 is 0 Å². The van der Waals surface area contributed by atoms with Crippen LogP contribution in [0.5, 0.6) is 5.75 Å². The summed E-state index contributed by atoms with van der Waals surface area (Å²) in [6, 6.07) is 18.6. The van der Waals surface area contributed by atoms with Crippen molar-refractivity contribution in [1.82, 2.24) is 0 Å². The van der Waals surface area contributed by atoms with Crippen LogP contribution in [0.3, 0.4) is 0 Å². The lowest BCUT2D eigenvalue weighted by Crippen LogP contribution is -2.54. The van der Waals surface area contributed by atoms with Crippen molar-refractivity contribution in [2.75, 3.05) is 18.7 Å². The number of non-ortho nitro benzene ring substituents is 1. The average molecular weight is 477 g/mol. The second-order valence-electron chi connectivity index (χ2n) is 7.35. The maximum absolute atomic E-state index is 13.5. The number of hydrogen-bond donors (Lipinski definition) is 0. The summed E-state index contributed by atoms with van der Waals surface area (Å²) in [7, 11) is 1.55. The molecule has 3 aromatic rings. The van der Waals surface area contributed by atoms with Crippen LogP contribution in [0.15, 0.2) is 71.1 Å². The largest absolute Gasteiger partial charge is 0.497 e. The number of nitro groups is 1. The van der Waals surface area contributed by atoms with Crippen LogP contribution in [-0.2, 0) is 9.53 Å². The van der Waals surface area contributed by atoms with Gasteiger partial charge in [0, 0.05) is 12.1 Å². The smallest absolute Gasteiger partial charge is 0.350 e. The number of rotatable bonds is 7. The normalized spacial score (nSPS) is 19.3. The zero-order chi connectivity index (χ0) is 24.3. The molecular weight excluding hydrogens is 456 g/mol. The molecule has 1 aliphatic heterocycles. The number of nitrogens with zero attached hydrogens (tertiary/aromatic N) is 4. The van der Waals surface area contributed by atoms with Crippen LogP contribution < -0.4 is 9.75 Å². The monoisotopic (exact) mass is 476 g/mol. The van der Waals surface area contributed by atoms with Crippen molar-refractivity contribution in [2.24, 2.45) is 5.10 Å². The minimum Gasteiger partial charge on any atom is -0.497 e. The Hall–Kier alpha value is -4.23. The van der Waals surface area contributed by atoms with Crippen LogP contribution in [-0.4, -0.2) is 35.9 Å². The van der Waals surface area contributed by atoms with Gasteiger partial charge in [-0.2, -0.15) is 10.4 Å². The number of carbonyl (C=O) groups excluding carboxylic acids is 1. The molecule has 10 heteroatoms. The highest BCUT2D eigenvalue weighted by Gasteiger charge is 2.60. The predicted octanol–water partition coefficient (Wildman–Crippen LogP) is 4.50. The molecule has 1 aromatic heterocycles. The van der Waals surface area contributed by atoms with Gasteiger partial charge in [-0.25, -0.2) is 9.80 Å². The summed E-state index contributed by atoms with van der Waals surface area (Å²) in [5, 5.41) is 29.6. The molecule has 34 heavy (non-hydrogen) atoms. The average Bonchev–Trinajstić information content (AvgIpc) is 3.51. The summed E-state index contributed by atoms with van der Waals surface area (Å²) >= 11 is 1.43. The van der Waals surface area contributed by atoms with Gasteiger partial charge < -0.3 is 9.47 Å². The summed E-state index contributed by atoms with van der Waals surface area (Å²) in [4.78, 5) is 24.9. The number of carbonyl (C=O) groups is 1. The van der Waals surface area contributed by atoms with Crippen LogP contribution in [0.1, 0.15) is 23.3 Å². The molecule has 0 fully saturated rings. The third-order valence-corrected chi connectivity index (χ3v) is 6.41. The Bertz CT molecular complexity index is 1270. The minimum absolute atomic E-state index is 0.0695. The van der Waals surface area contributed by atoms with E-state index in [0.29, 0.717) is 22.7 Å². The fourth-order valence-corrected chi connectivity index (χ4v) is 4.70. The second kappa shape index (κ2) is 9.33. The Morgan fingerprint density at radius 1 is 1.24 bits per heavy atom. The third kappa shape index (κ3) is 3.76. The van der Waals surface area contributed by atoms with Crippen molar-refractivity contribution < 1.29 is 19.2 Å². The van der Waals surface area contributed by atoms with Gasteiger partial charge in [-0.3, -0.25) is 10.1 Å². The number of hydrazone groups is 1. The molecule has 9 nitrogen and oxygen atoms in total. The lowest BCUT2D eigenvalue weighted by Gasteiger charge is -2.34. The maximum Gasteiger partial charge on any atom is 0.350 e. The molecule has 2 atom stereocenters. The number of esters is 1. The highest BCUT2D eigenvalue weighted by atomic mass is 32.1. The van der Waals surface area contributed by atoms with Gasteiger partial charge >= 0.3 is 5.97 Å². The van der Waals surface area contributed by atoms with Crippen molar-refractivity contribution in [3.05, 3.63) is 86.6 Å². The molecule has 0 N–H and O–H groups in total. The van der Waals surface area contributed by atoms with Crippen LogP contribution >= 0.6 is 11.3 Å². The molecule has 1 aliphatic rings. The quantitative estimate of drug-likeness (QED) is 0.280. The van der Waals surface area contributed by atoms with Gasteiger partial charge in [0.15, 0.2) is 0 Å². The van der Waals surface area contributed by atoms with E-state index in [0.717, 1.165) is 4.88 Å². The molecule has 0 unspecified atom stereocenters. The van der Waals surface area contributed by atoms with Gasteiger partial charge in [-0.05, 0) is 48.2 Å².